The summed E-state index contributed by atoms with van der Waals surface area (Å²) in [5, 5.41) is 0.0127. The van der Waals surface area contributed by atoms with Gasteiger partial charge in [0.05, 0.1) is 14.2 Å². The predicted octanol–water partition coefficient (Wildman–Crippen LogP) is 0.960. The summed E-state index contributed by atoms with van der Waals surface area (Å²) < 4.78 is 9.55. The molecule has 6 heteroatoms. The minimum absolute atomic E-state index is 0.0127. The highest BCUT2D eigenvalue weighted by atomic mass is 35.5. The molecule has 1 rings (SSSR count). The molecular weight excluding hydrogens is 196 g/mol. The van der Waals surface area contributed by atoms with Crippen molar-refractivity contribution in [1.29, 1.82) is 0 Å². The van der Waals surface area contributed by atoms with E-state index in [0.717, 1.165) is 0 Å². The van der Waals surface area contributed by atoms with Gasteiger partial charge in [-0.05, 0) is 0 Å². The van der Waals surface area contributed by atoms with Gasteiger partial charge in [0.1, 0.15) is 5.56 Å². The molecule has 1 aromatic rings. The van der Waals surface area contributed by atoms with Crippen molar-refractivity contribution in [2.45, 2.75) is 0 Å². The number of carbonyl (C=O) groups excluding carboxylic acids is 1. The Kier molecular flexibility index (Phi) is 3.02. The van der Waals surface area contributed by atoms with E-state index < -0.39 is 0 Å². The highest BCUT2D eigenvalue weighted by molar-refractivity contribution is 6.32. The van der Waals surface area contributed by atoms with Crippen LogP contribution in [0.1, 0.15) is 10.4 Å². The second kappa shape index (κ2) is 4.04. The van der Waals surface area contributed by atoms with Crippen LogP contribution < -0.4 is 9.47 Å². The summed E-state index contributed by atoms with van der Waals surface area (Å²) >= 11 is 5.65. The smallest absolute Gasteiger partial charge is 0.320 e. The van der Waals surface area contributed by atoms with Crippen LogP contribution in [0.25, 0.3) is 0 Å². The van der Waals surface area contributed by atoms with Crippen molar-refractivity contribution in [3.63, 3.8) is 0 Å². The van der Waals surface area contributed by atoms with Gasteiger partial charge in [0.15, 0.2) is 11.4 Å². The number of carbonyl (C=O) groups is 1. The quantitative estimate of drug-likeness (QED) is 0.540. The number of aromatic nitrogens is 2. The third kappa shape index (κ3) is 1.86. The summed E-state index contributed by atoms with van der Waals surface area (Å²) in [6, 6.07) is 0.0625. The highest BCUT2D eigenvalue weighted by Gasteiger charge is 2.12. The minimum atomic E-state index is 0.0127. The van der Waals surface area contributed by atoms with Crippen LogP contribution in [0, 0.1) is 0 Å². The molecule has 0 unspecified atom stereocenters. The maximum atomic E-state index is 10.5. The zero-order chi connectivity index (χ0) is 9.84. The largest absolute Gasteiger partial charge is 0.480 e. The third-order valence-electron chi connectivity index (χ3n) is 1.34. The Morgan fingerprint density at radius 1 is 1.31 bits per heavy atom. The van der Waals surface area contributed by atoms with Gasteiger partial charge in [-0.3, -0.25) is 4.79 Å². The molecule has 0 spiro atoms. The van der Waals surface area contributed by atoms with Gasteiger partial charge < -0.3 is 9.47 Å². The van der Waals surface area contributed by atoms with Crippen molar-refractivity contribution < 1.29 is 14.3 Å². The summed E-state index contributed by atoms with van der Waals surface area (Å²) in [5.74, 6) is 0.104. The Labute approximate surface area is 79.7 Å². The number of halogens is 1. The molecule has 0 aromatic carbocycles. The van der Waals surface area contributed by atoms with Crippen LogP contribution in [0.5, 0.6) is 11.9 Å². The second-order valence-electron chi connectivity index (χ2n) is 2.04. The maximum absolute atomic E-state index is 10.5. The van der Waals surface area contributed by atoms with Gasteiger partial charge in [-0.1, -0.05) is 11.6 Å². The van der Waals surface area contributed by atoms with E-state index >= 15 is 0 Å². The summed E-state index contributed by atoms with van der Waals surface area (Å²) in [6.45, 7) is 0. The van der Waals surface area contributed by atoms with Gasteiger partial charge in [-0.2, -0.15) is 9.97 Å². The van der Waals surface area contributed by atoms with Crippen molar-refractivity contribution in [2.24, 2.45) is 0 Å². The van der Waals surface area contributed by atoms with E-state index in [4.69, 9.17) is 21.1 Å². The van der Waals surface area contributed by atoms with E-state index in [0.29, 0.717) is 6.29 Å². The zero-order valence-corrected chi connectivity index (χ0v) is 7.83. The monoisotopic (exact) mass is 202 g/mol. The number of rotatable bonds is 3. The SMILES string of the molecule is COc1nc(Cl)c(C=O)c(OC)n1. The average molecular weight is 203 g/mol. The molecule has 0 saturated carbocycles. The summed E-state index contributed by atoms with van der Waals surface area (Å²) in [7, 11) is 2.77. The van der Waals surface area contributed by atoms with Crippen LogP contribution in [0.15, 0.2) is 0 Å². The van der Waals surface area contributed by atoms with Crippen LogP contribution >= 0.6 is 11.6 Å². The molecule has 70 valence electrons. The fraction of sp³-hybridized carbons (Fsp3) is 0.286. The van der Waals surface area contributed by atoms with Crippen molar-refractivity contribution in [1.82, 2.24) is 9.97 Å². The molecule has 0 radical (unpaired) electrons. The molecule has 0 atom stereocenters. The van der Waals surface area contributed by atoms with Crippen LogP contribution in [0.4, 0.5) is 0 Å². The van der Waals surface area contributed by atoms with Crippen molar-refractivity contribution in [2.75, 3.05) is 14.2 Å². The van der Waals surface area contributed by atoms with Crippen LogP contribution in [-0.2, 0) is 0 Å². The molecule has 0 aliphatic rings. The van der Waals surface area contributed by atoms with E-state index in [2.05, 4.69) is 9.97 Å². The summed E-state index contributed by atoms with van der Waals surface area (Å²) in [4.78, 5) is 18.0. The topological polar surface area (TPSA) is 61.3 Å². The molecule has 0 amide bonds. The average Bonchev–Trinajstić information content (AvgIpc) is 2.16. The first-order chi connectivity index (χ1) is 6.22. The first kappa shape index (κ1) is 9.73. The Morgan fingerprint density at radius 2 is 2.00 bits per heavy atom. The molecule has 0 aliphatic carbocycles. The Balaban J connectivity index is 3.28. The van der Waals surface area contributed by atoms with Gasteiger partial charge in [0.25, 0.3) is 0 Å². The molecule has 1 heterocycles. The first-order valence-electron chi connectivity index (χ1n) is 3.33. The molecule has 0 aliphatic heterocycles. The van der Waals surface area contributed by atoms with E-state index in [1.165, 1.54) is 14.2 Å². The van der Waals surface area contributed by atoms with Crippen LogP contribution in [0.3, 0.4) is 0 Å². The molecule has 0 N–H and O–H groups in total. The minimum Gasteiger partial charge on any atom is -0.480 e. The third-order valence-corrected chi connectivity index (χ3v) is 1.63. The fourth-order valence-corrected chi connectivity index (χ4v) is 0.948. The molecule has 5 nitrogen and oxygen atoms in total. The number of aldehydes is 1. The Bertz CT molecular complexity index is 330. The molecule has 0 saturated heterocycles. The molecule has 1 aromatic heterocycles. The van der Waals surface area contributed by atoms with Gasteiger partial charge in [-0.15, -0.1) is 0 Å². The number of hydrogen-bond acceptors (Lipinski definition) is 5. The zero-order valence-electron chi connectivity index (χ0n) is 7.07. The lowest BCUT2D eigenvalue weighted by Gasteiger charge is -2.04. The molecule has 0 fully saturated rings. The lowest BCUT2D eigenvalue weighted by molar-refractivity contribution is 0.111. The first-order valence-corrected chi connectivity index (χ1v) is 3.71. The van der Waals surface area contributed by atoms with Crippen molar-refractivity contribution >= 4 is 17.9 Å². The van der Waals surface area contributed by atoms with E-state index in [-0.39, 0.29) is 22.6 Å². The van der Waals surface area contributed by atoms with Crippen LogP contribution in [0.2, 0.25) is 5.15 Å². The standard InChI is InChI=1S/C7H7ClN2O3/c1-12-6-4(3-11)5(8)9-7(10-6)13-2/h3H,1-2H3. The number of methoxy groups -OCH3 is 2. The van der Waals surface area contributed by atoms with E-state index in [1.54, 1.807) is 0 Å². The van der Waals surface area contributed by atoms with Crippen LogP contribution in [-0.4, -0.2) is 30.5 Å². The lowest BCUT2D eigenvalue weighted by Crippen LogP contribution is -2.00. The van der Waals surface area contributed by atoms with E-state index in [9.17, 15) is 4.79 Å². The van der Waals surface area contributed by atoms with Gasteiger partial charge in [0.2, 0.25) is 5.88 Å². The van der Waals surface area contributed by atoms with Gasteiger partial charge in [-0.25, -0.2) is 0 Å². The predicted molar refractivity (Wildman–Crippen MR) is 45.5 cm³/mol. The highest BCUT2D eigenvalue weighted by Crippen LogP contribution is 2.23. The number of hydrogen-bond donors (Lipinski definition) is 0. The van der Waals surface area contributed by atoms with E-state index in [1.807, 2.05) is 0 Å². The summed E-state index contributed by atoms with van der Waals surface area (Å²) in [6.07, 6.45) is 0.528. The number of nitrogens with zero attached hydrogens (tertiary/aromatic N) is 2. The van der Waals surface area contributed by atoms with Gasteiger partial charge in [0, 0.05) is 0 Å². The molecule has 0 bridgehead atoms. The Morgan fingerprint density at radius 3 is 2.46 bits per heavy atom. The van der Waals surface area contributed by atoms with Crippen molar-refractivity contribution in [3.05, 3.63) is 10.7 Å². The maximum Gasteiger partial charge on any atom is 0.320 e. The number of ether oxygens (including phenoxy) is 2. The fourth-order valence-electron chi connectivity index (χ4n) is 0.750. The summed E-state index contributed by atoms with van der Waals surface area (Å²) in [5.41, 5.74) is 0.116. The van der Waals surface area contributed by atoms with Crippen molar-refractivity contribution in [3.8, 4) is 11.9 Å². The van der Waals surface area contributed by atoms with Gasteiger partial charge >= 0.3 is 6.01 Å². The molecule has 13 heavy (non-hydrogen) atoms. The lowest BCUT2D eigenvalue weighted by atomic mass is 10.3. The molecular formula is C7H7ClN2O3. The second-order valence-corrected chi connectivity index (χ2v) is 2.40. The Hall–Kier alpha value is -1.36. The normalized spacial score (nSPS) is 9.46.